The molecule has 0 aromatic heterocycles. The molecule has 1 aromatic carbocycles. The van der Waals surface area contributed by atoms with Crippen LogP contribution in [0.15, 0.2) is 24.3 Å². The van der Waals surface area contributed by atoms with Crippen molar-refractivity contribution < 1.29 is 4.74 Å². The molecule has 118 valence electrons. The largest absolute Gasteiger partial charge is 0.376 e. The Bertz CT molecular complexity index is 519. The predicted octanol–water partition coefficient (Wildman–Crippen LogP) is 2.24. The molecule has 1 atom stereocenters. The molecule has 4 heteroatoms. The summed E-state index contributed by atoms with van der Waals surface area (Å²) in [4.78, 5) is 5.01. The number of nitriles is 1. The number of hydrogen-bond donors (Lipinski definition) is 0. The van der Waals surface area contributed by atoms with Gasteiger partial charge < -0.3 is 9.64 Å². The number of ether oxygens (including phenoxy) is 1. The van der Waals surface area contributed by atoms with Gasteiger partial charge in [-0.05, 0) is 50.0 Å². The molecule has 0 amide bonds. The molecule has 0 N–H and O–H groups in total. The van der Waals surface area contributed by atoms with E-state index in [-0.39, 0.29) is 0 Å². The molecular weight excluding hydrogens is 274 g/mol. The molecule has 2 saturated heterocycles. The van der Waals surface area contributed by atoms with Gasteiger partial charge in [-0.2, -0.15) is 5.26 Å². The maximum absolute atomic E-state index is 9.03. The summed E-state index contributed by atoms with van der Waals surface area (Å²) in [6.07, 6.45) is 4.07. The van der Waals surface area contributed by atoms with Crippen LogP contribution in [0.25, 0.3) is 0 Å². The lowest BCUT2D eigenvalue weighted by molar-refractivity contribution is 0.0308. The van der Waals surface area contributed by atoms with Gasteiger partial charge in [0.15, 0.2) is 0 Å². The third kappa shape index (κ3) is 4.30. The van der Waals surface area contributed by atoms with E-state index in [4.69, 9.17) is 10.00 Å². The van der Waals surface area contributed by atoms with Crippen LogP contribution >= 0.6 is 0 Å². The Balaban J connectivity index is 1.58. The Labute approximate surface area is 133 Å². The summed E-state index contributed by atoms with van der Waals surface area (Å²) in [6.45, 7) is 7.37. The topological polar surface area (TPSA) is 39.5 Å². The van der Waals surface area contributed by atoms with Crippen LogP contribution in [0.5, 0.6) is 0 Å². The maximum Gasteiger partial charge on any atom is 0.0991 e. The minimum Gasteiger partial charge on any atom is -0.376 e. The third-order valence-electron chi connectivity index (χ3n) is 4.56. The summed E-state index contributed by atoms with van der Waals surface area (Å²) in [6, 6.07) is 10.2. The van der Waals surface area contributed by atoms with Gasteiger partial charge in [0, 0.05) is 32.8 Å². The van der Waals surface area contributed by atoms with Gasteiger partial charge >= 0.3 is 0 Å². The molecule has 0 spiro atoms. The van der Waals surface area contributed by atoms with E-state index in [2.05, 4.69) is 21.9 Å². The van der Waals surface area contributed by atoms with Gasteiger partial charge in [-0.3, -0.25) is 4.90 Å². The zero-order valence-electron chi connectivity index (χ0n) is 13.2. The van der Waals surface area contributed by atoms with Crippen molar-refractivity contribution in [2.24, 2.45) is 0 Å². The molecule has 0 radical (unpaired) electrons. The number of rotatable bonds is 4. The van der Waals surface area contributed by atoms with Gasteiger partial charge in [0.05, 0.1) is 17.7 Å². The van der Waals surface area contributed by atoms with Crippen LogP contribution < -0.4 is 0 Å². The Kier molecular flexibility index (Phi) is 5.44. The first kappa shape index (κ1) is 15.5. The van der Waals surface area contributed by atoms with Gasteiger partial charge in [-0.1, -0.05) is 12.1 Å². The number of nitrogens with zero attached hydrogens (tertiary/aromatic N) is 3. The summed E-state index contributed by atoms with van der Waals surface area (Å²) >= 11 is 0. The van der Waals surface area contributed by atoms with Crippen LogP contribution in [0.3, 0.4) is 0 Å². The van der Waals surface area contributed by atoms with Crippen molar-refractivity contribution >= 4 is 0 Å². The number of likely N-dealkylation sites (tertiary alicyclic amines) is 1. The van der Waals surface area contributed by atoms with Crippen molar-refractivity contribution in [2.45, 2.75) is 31.9 Å². The average molecular weight is 299 g/mol. The molecule has 1 aromatic rings. The fourth-order valence-corrected chi connectivity index (χ4v) is 3.47. The smallest absolute Gasteiger partial charge is 0.0991 e. The van der Waals surface area contributed by atoms with Crippen molar-refractivity contribution in [2.75, 3.05) is 39.3 Å². The van der Waals surface area contributed by atoms with Crippen LogP contribution in [0.1, 0.15) is 30.4 Å². The lowest BCUT2D eigenvalue weighted by Gasteiger charge is -2.27. The van der Waals surface area contributed by atoms with E-state index in [0.717, 1.165) is 44.8 Å². The average Bonchev–Trinajstić information content (AvgIpc) is 2.94. The maximum atomic E-state index is 9.03. The zero-order chi connectivity index (χ0) is 15.2. The highest BCUT2D eigenvalue weighted by molar-refractivity contribution is 5.32. The zero-order valence-corrected chi connectivity index (χ0v) is 13.2. The summed E-state index contributed by atoms with van der Waals surface area (Å²) in [5.74, 6) is 0. The normalized spacial score (nSPS) is 24.0. The molecule has 2 aliphatic rings. The lowest BCUT2D eigenvalue weighted by Crippen LogP contribution is -2.39. The van der Waals surface area contributed by atoms with Crippen LogP contribution in [-0.4, -0.2) is 55.2 Å². The van der Waals surface area contributed by atoms with Crippen molar-refractivity contribution in [1.82, 2.24) is 9.80 Å². The molecule has 0 aliphatic carbocycles. The van der Waals surface area contributed by atoms with E-state index in [1.54, 1.807) is 0 Å². The highest BCUT2D eigenvalue weighted by atomic mass is 16.5. The third-order valence-corrected chi connectivity index (χ3v) is 4.56. The minimum absolute atomic E-state index is 0.319. The molecule has 0 bridgehead atoms. The SMILES string of the molecule is N#Cc1cccc(CN2CCCOC(CN3CCCC3)C2)c1. The molecule has 3 rings (SSSR count). The van der Waals surface area contributed by atoms with Gasteiger partial charge in [0.1, 0.15) is 0 Å². The van der Waals surface area contributed by atoms with E-state index in [0.29, 0.717) is 6.10 Å². The van der Waals surface area contributed by atoms with E-state index in [1.165, 1.54) is 31.5 Å². The van der Waals surface area contributed by atoms with Crippen LogP contribution in [-0.2, 0) is 11.3 Å². The molecular formula is C18H25N3O. The first-order chi connectivity index (χ1) is 10.8. The molecule has 4 nitrogen and oxygen atoms in total. The van der Waals surface area contributed by atoms with Crippen molar-refractivity contribution in [3.8, 4) is 6.07 Å². The monoisotopic (exact) mass is 299 g/mol. The highest BCUT2D eigenvalue weighted by Gasteiger charge is 2.22. The van der Waals surface area contributed by atoms with Gasteiger partial charge in [-0.25, -0.2) is 0 Å². The Morgan fingerprint density at radius 3 is 2.77 bits per heavy atom. The van der Waals surface area contributed by atoms with E-state index in [9.17, 15) is 0 Å². The first-order valence-corrected chi connectivity index (χ1v) is 8.39. The predicted molar refractivity (Wildman–Crippen MR) is 86.5 cm³/mol. The van der Waals surface area contributed by atoms with E-state index in [1.807, 2.05) is 18.2 Å². The molecule has 0 saturated carbocycles. The second-order valence-electron chi connectivity index (χ2n) is 6.40. The van der Waals surface area contributed by atoms with Crippen molar-refractivity contribution in [1.29, 1.82) is 5.26 Å². The lowest BCUT2D eigenvalue weighted by atomic mass is 10.1. The Morgan fingerprint density at radius 2 is 1.95 bits per heavy atom. The van der Waals surface area contributed by atoms with Crippen LogP contribution in [0.2, 0.25) is 0 Å². The summed E-state index contributed by atoms with van der Waals surface area (Å²) in [5, 5.41) is 9.03. The van der Waals surface area contributed by atoms with E-state index < -0.39 is 0 Å². The number of benzene rings is 1. The van der Waals surface area contributed by atoms with Crippen molar-refractivity contribution in [3.63, 3.8) is 0 Å². The molecule has 2 heterocycles. The molecule has 1 unspecified atom stereocenters. The molecule has 2 fully saturated rings. The Morgan fingerprint density at radius 1 is 1.14 bits per heavy atom. The Hall–Kier alpha value is -1.41. The van der Waals surface area contributed by atoms with Gasteiger partial charge in [-0.15, -0.1) is 0 Å². The van der Waals surface area contributed by atoms with E-state index >= 15 is 0 Å². The van der Waals surface area contributed by atoms with Crippen LogP contribution in [0, 0.1) is 11.3 Å². The standard InChI is InChI=1S/C18H25N3O/c19-12-16-5-3-6-17(11-16)13-21-9-4-10-22-18(15-21)14-20-7-1-2-8-20/h3,5-6,11,18H,1-2,4,7-10,13-15H2. The number of hydrogen-bond acceptors (Lipinski definition) is 4. The van der Waals surface area contributed by atoms with Crippen LogP contribution in [0.4, 0.5) is 0 Å². The fraction of sp³-hybridized carbons (Fsp3) is 0.611. The minimum atomic E-state index is 0.319. The van der Waals surface area contributed by atoms with Crippen molar-refractivity contribution in [3.05, 3.63) is 35.4 Å². The van der Waals surface area contributed by atoms with Gasteiger partial charge in [0.25, 0.3) is 0 Å². The molecule has 22 heavy (non-hydrogen) atoms. The second kappa shape index (κ2) is 7.73. The second-order valence-corrected chi connectivity index (χ2v) is 6.40. The summed E-state index contributed by atoms with van der Waals surface area (Å²) < 4.78 is 6.04. The summed E-state index contributed by atoms with van der Waals surface area (Å²) in [5.41, 5.74) is 1.97. The highest BCUT2D eigenvalue weighted by Crippen LogP contribution is 2.15. The fourth-order valence-electron chi connectivity index (χ4n) is 3.47. The quantitative estimate of drug-likeness (QED) is 0.855. The summed E-state index contributed by atoms with van der Waals surface area (Å²) in [7, 11) is 0. The van der Waals surface area contributed by atoms with Gasteiger partial charge in [0.2, 0.25) is 0 Å². The first-order valence-electron chi connectivity index (χ1n) is 8.39. The molecule has 2 aliphatic heterocycles.